The average Bonchev–Trinajstić information content (AvgIpc) is 3.37. The van der Waals surface area contributed by atoms with Crippen molar-refractivity contribution in [3.05, 3.63) is 90.9 Å². The molecule has 1 saturated carbocycles. The lowest BCUT2D eigenvalue weighted by Crippen LogP contribution is -2.58. The normalized spacial score (nSPS) is 21.0. The highest BCUT2D eigenvalue weighted by atomic mass is 16.3. The van der Waals surface area contributed by atoms with Gasteiger partial charge in [0, 0.05) is 35.3 Å². The van der Waals surface area contributed by atoms with Crippen LogP contribution in [0, 0.1) is 0 Å². The van der Waals surface area contributed by atoms with Crippen molar-refractivity contribution < 1.29 is 5.11 Å². The highest BCUT2D eigenvalue weighted by Crippen LogP contribution is 2.46. The maximum absolute atomic E-state index is 10.2. The average molecular weight is 501 g/mol. The molecule has 1 aliphatic carbocycles. The van der Waals surface area contributed by atoms with E-state index >= 15 is 0 Å². The molecule has 0 bridgehead atoms. The Morgan fingerprint density at radius 2 is 1.50 bits per heavy atom. The van der Waals surface area contributed by atoms with E-state index in [4.69, 9.17) is 15.7 Å². The molecule has 0 aliphatic heterocycles. The summed E-state index contributed by atoms with van der Waals surface area (Å²) in [5, 5.41) is 19.0. The number of aromatic nitrogens is 7. The van der Waals surface area contributed by atoms with Gasteiger partial charge >= 0.3 is 0 Å². The van der Waals surface area contributed by atoms with Crippen LogP contribution in [0.5, 0.6) is 0 Å². The highest BCUT2D eigenvalue weighted by Gasteiger charge is 2.49. The minimum atomic E-state index is -0.711. The second-order valence-electron chi connectivity index (χ2n) is 10.2. The van der Waals surface area contributed by atoms with E-state index in [1.807, 2.05) is 78.2 Å². The molecule has 1 fully saturated rings. The molecular formula is C29H24N8O. The van der Waals surface area contributed by atoms with Crippen molar-refractivity contribution in [2.24, 2.45) is 5.73 Å². The second kappa shape index (κ2) is 8.20. The topological polar surface area (TPSA) is 128 Å². The first-order valence-electron chi connectivity index (χ1n) is 12.4. The zero-order valence-corrected chi connectivity index (χ0v) is 20.7. The molecule has 4 aromatic heterocycles. The SMILES string of the molecule is C[C@]1(O)C[C@](N)(c2ccc(-c3nc4ccn5c(-c6ncccn6)nnc5c4nc3-c3ccccc3)cc2)C1. The summed E-state index contributed by atoms with van der Waals surface area (Å²) >= 11 is 0. The van der Waals surface area contributed by atoms with Crippen molar-refractivity contribution >= 4 is 16.7 Å². The first-order chi connectivity index (χ1) is 18.4. The Balaban J connectivity index is 1.39. The number of hydrogen-bond acceptors (Lipinski definition) is 8. The third-order valence-electron chi connectivity index (χ3n) is 7.15. The van der Waals surface area contributed by atoms with Gasteiger partial charge in [0.2, 0.25) is 5.82 Å². The smallest absolute Gasteiger partial charge is 0.206 e. The van der Waals surface area contributed by atoms with Crippen molar-refractivity contribution in [1.82, 2.24) is 34.5 Å². The van der Waals surface area contributed by atoms with Gasteiger partial charge in [-0.2, -0.15) is 0 Å². The standard InChI is InChI=1S/C29H24N8O/c1-28(38)16-29(30,17-28)20-10-8-19(9-11-20)22-23(18-6-3-2-4-7-18)34-24-21(33-22)12-15-37-26(24)35-36-27(37)25-31-13-5-14-32-25/h2-15,38H,16-17,30H2,1H3/t28-,29+. The molecule has 186 valence electrons. The quantitative estimate of drug-likeness (QED) is 0.369. The predicted octanol–water partition coefficient (Wildman–Crippen LogP) is 4.16. The summed E-state index contributed by atoms with van der Waals surface area (Å²) in [6, 6.07) is 21.8. The van der Waals surface area contributed by atoms with E-state index in [0.29, 0.717) is 41.2 Å². The molecule has 0 radical (unpaired) electrons. The number of pyridine rings is 1. The van der Waals surface area contributed by atoms with Crippen LogP contribution in [-0.4, -0.2) is 45.2 Å². The minimum absolute atomic E-state index is 0.484. The molecule has 1 aliphatic rings. The van der Waals surface area contributed by atoms with Crippen molar-refractivity contribution in [3.8, 4) is 34.2 Å². The maximum Gasteiger partial charge on any atom is 0.206 e. The summed E-state index contributed by atoms with van der Waals surface area (Å²) in [6.45, 7) is 1.82. The van der Waals surface area contributed by atoms with E-state index in [2.05, 4.69) is 20.2 Å². The predicted molar refractivity (Wildman–Crippen MR) is 144 cm³/mol. The fourth-order valence-corrected chi connectivity index (χ4v) is 5.51. The van der Waals surface area contributed by atoms with E-state index in [-0.39, 0.29) is 0 Å². The van der Waals surface area contributed by atoms with E-state index in [1.54, 1.807) is 18.5 Å². The molecule has 0 saturated heterocycles. The second-order valence-corrected chi connectivity index (χ2v) is 10.2. The van der Waals surface area contributed by atoms with Gasteiger partial charge in [-0.15, -0.1) is 10.2 Å². The Kier molecular flexibility index (Phi) is 4.88. The largest absolute Gasteiger partial charge is 0.390 e. The first-order valence-corrected chi connectivity index (χ1v) is 12.4. The van der Waals surface area contributed by atoms with Gasteiger partial charge in [-0.05, 0) is 37.5 Å². The summed E-state index contributed by atoms with van der Waals surface area (Å²) in [4.78, 5) is 18.8. The Morgan fingerprint density at radius 1 is 0.816 bits per heavy atom. The monoisotopic (exact) mass is 500 g/mol. The van der Waals surface area contributed by atoms with Gasteiger partial charge in [0.1, 0.15) is 5.52 Å². The lowest BCUT2D eigenvalue weighted by molar-refractivity contribution is -0.0738. The molecule has 0 unspecified atom stereocenters. The van der Waals surface area contributed by atoms with Crippen molar-refractivity contribution in [2.45, 2.75) is 30.9 Å². The van der Waals surface area contributed by atoms with E-state index in [9.17, 15) is 5.11 Å². The molecule has 9 nitrogen and oxygen atoms in total. The Hall–Kier alpha value is -4.60. The van der Waals surface area contributed by atoms with Gasteiger partial charge < -0.3 is 10.8 Å². The number of nitrogens with two attached hydrogens (primary N) is 1. The minimum Gasteiger partial charge on any atom is -0.390 e. The van der Waals surface area contributed by atoms with Gasteiger partial charge in [-0.25, -0.2) is 19.9 Å². The molecular weight excluding hydrogens is 476 g/mol. The summed E-state index contributed by atoms with van der Waals surface area (Å²) in [5.41, 5.74) is 11.6. The molecule has 0 spiro atoms. The zero-order valence-electron chi connectivity index (χ0n) is 20.7. The fourth-order valence-electron chi connectivity index (χ4n) is 5.51. The van der Waals surface area contributed by atoms with Crippen molar-refractivity contribution in [3.63, 3.8) is 0 Å². The number of hydrogen-bond donors (Lipinski definition) is 2. The molecule has 6 aromatic rings. The van der Waals surface area contributed by atoms with Crippen LogP contribution >= 0.6 is 0 Å². The first kappa shape index (κ1) is 22.6. The Bertz CT molecular complexity index is 1790. The lowest BCUT2D eigenvalue weighted by atomic mass is 9.63. The van der Waals surface area contributed by atoms with Crippen LogP contribution in [-0.2, 0) is 5.54 Å². The van der Waals surface area contributed by atoms with Gasteiger partial charge in [-0.1, -0.05) is 54.6 Å². The number of aliphatic hydroxyl groups is 1. The summed E-state index contributed by atoms with van der Waals surface area (Å²) in [7, 11) is 0. The summed E-state index contributed by atoms with van der Waals surface area (Å²) in [5.74, 6) is 1.02. The van der Waals surface area contributed by atoms with Crippen LogP contribution in [0.1, 0.15) is 25.3 Å². The van der Waals surface area contributed by atoms with Crippen LogP contribution in [0.25, 0.3) is 50.8 Å². The molecule has 7 rings (SSSR count). The lowest BCUT2D eigenvalue weighted by Gasteiger charge is -2.49. The van der Waals surface area contributed by atoms with Crippen LogP contribution in [0.15, 0.2) is 85.3 Å². The summed E-state index contributed by atoms with van der Waals surface area (Å²) < 4.78 is 1.84. The Morgan fingerprint density at radius 3 is 2.21 bits per heavy atom. The van der Waals surface area contributed by atoms with Gasteiger partial charge in [0.15, 0.2) is 11.5 Å². The van der Waals surface area contributed by atoms with Crippen LogP contribution in [0.4, 0.5) is 0 Å². The third-order valence-corrected chi connectivity index (χ3v) is 7.15. The van der Waals surface area contributed by atoms with E-state index < -0.39 is 11.1 Å². The summed E-state index contributed by atoms with van der Waals surface area (Å²) in [6.07, 6.45) is 6.29. The molecule has 38 heavy (non-hydrogen) atoms. The maximum atomic E-state index is 10.2. The van der Waals surface area contributed by atoms with Gasteiger partial charge in [-0.3, -0.25) is 4.40 Å². The fraction of sp³-hybridized carbons (Fsp3) is 0.172. The molecule has 9 heteroatoms. The molecule has 4 heterocycles. The van der Waals surface area contributed by atoms with E-state index in [1.165, 1.54) is 0 Å². The van der Waals surface area contributed by atoms with Crippen molar-refractivity contribution in [1.29, 1.82) is 0 Å². The molecule has 0 atom stereocenters. The third kappa shape index (κ3) is 3.63. The van der Waals surface area contributed by atoms with Gasteiger partial charge in [0.05, 0.1) is 22.5 Å². The van der Waals surface area contributed by atoms with E-state index in [0.717, 1.165) is 28.1 Å². The number of fused-ring (bicyclic) bond motifs is 3. The zero-order chi connectivity index (χ0) is 25.9. The number of rotatable bonds is 4. The molecule has 3 N–H and O–H groups in total. The number of benzene rings is 2. The van der Waals surface area contributed by atoms with Crippen LogP contribution in [0.2, 0.25) is 0 Å². The van der Waals surface area contributed by atoms with Crippen LogP contribution < -0.4 is 5.73 Å². The van der Waals surface area contributed by atoms with Gasteiger partial charge in [0.25, 0.3) is 0 Å². The highest BCUT2D eigenvalue weighted by molar-refractivity contribution is 5.93. The number of nitrogens with zero attached hydrogens (tertiary/aromatic N) is 7. The van der Waals surface area contributed by atoms with Crippen LogP contribution in [0.3, 0.4) is 0 Å². The molecule has 0 amide bonds. The molecule has 2 aromatic carbocycles. The van der Waals surface area contributed by atoms with Crippen molar-refractivity contribution in [2.75, 3.05) is 0 Å². The Labute approximate surface area is 218 Å².